The fraction of sp³-hybridized carbons (Fsp3) is 0.227. The molecular weight excluding hydrogens is 372 g/mol. The first kappa shape index (κ1) is 18.4. The van der Waals surface area contributed by atoms with Crippen molar-refractivity contribution >= 4 is 23.5 Å². The first-order valence-electron chi connectivity index (χ1n) is 9.38. The van der Waals surface area contributed by atoms with Crippen molar-refractivity contribution in [1.29, 1.82) is 0 Å². The van der Waals surface area contributed by atoms with Crippen molar-refractivity contribution < 1.29 is 4.79 Å². The Labute approximate surface area is 169 Å². The van der Waals surface area contributed by atoms with Crippen molar-refractivity contribution in [3.8, 4) is 11.1 Å². The summed E-state index contributed by atoms with van der Waals surface area (Å²) in [5.41, 5.74) is 9.15. The van der Waals surface area contributed by atoms with Gasteiger partial charge in [-0.3, -0.25) is 4.79 Å². The lowest BCUT2D eigenvalue weighted by molar-refractivity contribution is 0.0607. The second kappa shape index (κ2) is 7.98. The van der Waals surface area contributed by atoms with Gasteiger partial charge in [0, 0.05) is 28.9 Å². The molecule has 0 unspecified atom stereocenters. The molecule has 4 rings (SSSR count). The minimum Gasteiger partial charge on any atom is -0.368 e. The van der Waals surface area contributed by atoms with Crippen molar-refractivity contribution in [2.45, 2.75) is 25.3 Å². The Kier molecular flexibility index (Phi) is 5.26. The van der Waals surface area contributed by atoms with Crippen LogP contribution in [0.2, 0.25) is 5.02 Å². The molecule has 2 heterocycles. The van der Waals surface area contributed by atoms with Gasteiger partial charge >= 0.3 is 0 Å². The summed E-state index contributed by atoms with van der Waals surface area (Å²) in [6.45, 7) is 0.692. The Morgan fingerprint density at radius 2 is 1.93 bits per heavy atom. The summed E-state index contributed by atoms with van der Waals surface area (Å²) < 4.78 is 0. The molecule has 2 N–H and O–H groups in total. The number of benzene rings is 2. The fourth-order valence-electron chi connectivity index (χ4n) is 3.75. The van der Waals surface area contributed by atoms with Gasteiger partial charge in [0.05, 0.1) is 11.7 Å². The standard InChI is InChI=1S/C22H21ClN4O/c23-17-10-6-9-16(13-17)18-14-25-22(24)26-20(18)19-11-4-5-12-27(19)21(28)15-7-2-1-3-8-15/h1-3,6-10,13-14,19H,4-5,11-12H2,(H2,24,25,26)/t19-/m1/s1. The van der Waals surface area contributed by atoms with Gasteiger partial charge in [0.25, 0.3) is 5.91 Å². The summed E-state index contributed by atoms with van der Waals surface area (Å²) in [6.07, 6.45) is 4.57. The molecule has 1 aliphatic rings. The van der Waals surface area contributed by atoms with E-state index < -0.39 is 0 Å². The van der Waals surface area contributed by atoms with Crippen LogP contribution in [0.1, 0.15) is 41.4 Å². The molecule has 1 fully saturated rings. The lowest BCUT2D eigenvalue weighted by Gasteiger charge is -2.36. The number of rotatable bonds is 3. The number of nitrogen functional groups attached to an aromatic ring is 1. The Balaban J connectivity index is 1.78. The van der Waals surface area contributed by atoms with E-state index in [4.69, 9.17) is 17.3 Å². The van der Waals surface area contributed by atoms with Crippen LogP contribution in [-0.2, 0) is 0 Å². The molecule has 1 aromatic heterocycles. The van der Waals surface area contributed by atoms with Crippen LogP contribution < -0.4 is 5.73 Å². The molecule has 28 heavy (non-hydrogen) atoms. The van der Waals surface area contributed by atoms with Crippen molar-refractivity contribution in [3.05, 3.63) is 77.1 Å². The van der Waals surface area contributed by atoms with Crippen molar-refractivity contribution in [3.63, 3.8) is 0 Å². The third kappa shape index (κ3) is 3.71. The molecule has 142 valence electrons. The second-order valence-corrected chi connectivity index (χ2v) is 7.35. The quantitative estimate of drug-likeness (QED) is 0.698. The highest BCUT2D eigenvalue weighted by atomic mass is 35.5. The van der Waals surface area contributed by atoms with Crippen LogP contribution in [0.15, 0.2) is 60.8 Å². The molecule has 1 atom stereocenters. The normalized spacial score (nSPS) is 16.8. The molecule has 0 radical (unpaired) electrons. The average Bonchev–Trinajstić information content (AvgIpc) is 2.74. The van der Waals surface area contributed by atoms with Crippen LogP contribution in [0.5, 0.6) is 0 Å². The molecule has 6 heteroatoms. The number of hydrogen-bond acceptors (Lipinski definition) is 4. The average molecular weight is 393 g/mol. The lowest BCUT2D eigenvalue weighted by Crippen LogP contribution is -2.39. The SMILES string of the molecule is Nc1ncc(-c2cccc(Cl)c2)c([C@H]2CCCCN2C(=O)c2ccccc2)n1. The topological polar surface area (TPSA) is 72.1 Å². The zero-order chi connectivity index (χ0) is 19.5. The van der Waals surface area contributed by atoms with E-state index in [1.165, 1.54) is 0 Å². The van der Waals surface area contributed by atoms with Gasteiger partial charge in [-0.2, -0.15) is 0 Å². The van der Waals surface area contributed by atoms with Crippen molar-refractivity contribution in [2.24, 2.45) is 0 Å². The van der Waals surface area contributed by atoms with Crippen LogP contribution in [0.3, 0.4) is 0 Å². The first-order chi connectivity index (χ1) is 13.6. The number of likely N-dealkylation sites (tertiary alicyclic amines) is 1. The van der Waals surface area contributed by atoms with Crippen LogP contribution in [0.25, 0.3) is 11.1 Å². The summed E-state index contributed by atoms with van der Waals surface area (Å²) in [6, 6.07) is 16.8. The number of nitrogens with two attached hydrogens (primary N) is 1. The minimum atomic E-state index is -0.152. The largest absolute Gasteiger partial charge is 0.368 e. The zero-order valence-electron chi connectivity index (χ0n) is 15.4. The number of aromatic nitrogens is 2. The molecule has 1 aliphatic heterocycles. The number of carbonyl (C=O) groups is 1. The number of halogens is 1. The van der Waals surface area contributed by atoms with Crippen LogP contribution >= 0.6 is 11.6 Å². The lowest BCUT2D eigenvalue weighted by atomic mass is 9.93. The Bertz CT molecular complexity index is 993. The van der Waals surface area contributed by atoms with Gasteiger partial charge in [0.2, 0.25) is 5.95 Å². The Morgan fingerprint density at radius 1 is 1.11 bits per heavy atom. The van der Waals surface area contributed by atoms with Crippen LogP contribution in [-0.4, -0.2) is 27.3 Å². The third-order valence-electron chi connectivity index (χ3n) is 5.07. The predicted molar refractivity (Wildman–Crippen MR) is 111 cm³/mol. The van der Waals surface area contributed by atoms with Gasteiger partial charge < -0.3 is 10.6 Å². The van der Waals surface area contributed by atoms with E-state index in [-0.39, 0.29) is 17.9 Å². The molecule has 2 aromatic carbocycles. The molecule has 0 saturated carbocycles. The number of piperidine rings is 1. The first-order valence-corrected chi connectivity index (χ1v) is 9.75. The van der Waals surface area contributed by atoms with Gasteiger partial charge in [-0.15, -0.1) is 0 Å². The number of carbonyl (C=O) groups excluding carboxylic acids is 1. The van der Waals surface area contributed by atoms with E-state index >= 15 is 0 Å². The minimum absolute atomic E-state index is 0.0135. The van der Waals surface area contributed by atoms with E-state index in [0.717, 1.165) is 36.1 Å². The summed E-state index contributed by atoms with van der Waals surface area (Å²) in [5.74, 6) is 0.220. The van der Waals surface area contributed by atoms with Gasteiger partial charge in [0.15, 0.2) is 0 Å². The molecular formula is C22H21ClN4O. The monoisotopic (exact) mass is 392 g/mol. The smallest absolute Gasteiger partial charge is 0.254 e. The molecule has 0 aliphatic carbocycles. The van der Waals surface area contributed by atoms with E-state index in [1.54, 1.807) is 6.20 Å². The maximum absolute atomic E-state index is 13.2. The summed E-state index contributed by atoms with van der Waals surface area (Å²) in [5, 5.41) is 0.640. The van der Waals surface area contributed by atoms with Gasteiger partial charge in [-0.05, 0) is 49.1 Å². The molecule has 3 aromatic rings. The van der Waals surface area contributed by atoms with Gasteiger partial charge in [0.1, 0.15) is 0 Å². The Morgan fingerprint density at radius 3 is 2.71 bits per heavy atom. The number of anilines is 1. The van der Waals surface area contributed by atoms with Crippen LogP contribution in [0.4, 0.5) is 5.95 Å². The van der Waals surface area contributed by atoms with Crippen LogP contribution in [0, 0.1) is 0 Å². The molecule has 0 bridgehead atoms. The molecule has 5 nitrogen and oxygen atoms in total. The van der Waals surface area contributed by atoms with E-state index in [0.29, 0.717) is 17.1 Å². The number of hydrogen-bond donors (Lipinski definition) is 1. The summed E-state index contributed by atoms with van der Waals surface area (Å²) in [4.78, 5) is 23.9. The van der Waals surface area contributed by atoms with Gasteiger partial charge in [-0.25, -0.2) is 9.97 Å². The summed E-state index contributed by atoms with van der Waals surface area (Å²) >= 11 is 6.19. The molecule has 0 spiro atoms. The highest BCUT2D eigenvalue weighted by Gasteiger charge is 2.31. The van der Waals surface area contributed by atoms with Gasteiger partial charge in [-0.1, -0.05) is 41.9 Å². The highest BCUT2D eigenvalue weighted by Crippen LogP contribution is 2.37. The highest BCUT2D eigenvalue weighted by molar-refractivity contribution is 6.30. The number of nitrogens with zero attached hydrogens (tertiary/aromatic N) is 3. The van der Waals surface area contributed by atoms with E-state index in [9.17, 15) is 4.79 Å². The van der Waals surface area contributed by atoms with E-state index in [2.05, 4.69) is 9.97 Å². The molecule has 1 amide bonds. The van der Waals surface area contributed by atoms with E-state index in [1.807, 2.05) is 59.5 Å². The predicted octanol–water partition coefficient (Wildman–Crippen LogP) is 4.75. The Hall–Kier alpha value is -2.92. The zero-order valence-corrected chi connectivity index (χ0v) is 16.1. The summed E-state index contributed by atoms with van der Waals surface area (Å²) in [7, 11) is 0. The maximum atomic E-state index is 13.2. The second-order valence-electron chi connectivity index (χ2n) is 6.91. The fourth-order valence-corrected chi connectivity index (χ4v) is 3.94. The third-order valence-corrected chi connectivity index (χ3v) is 5.31. The van der Waals surface area contributed by atoms with Crippen molar-refractivity contribution in [2.75, 3.05) is 12.3 Å². The van der Waals surface area contributed by atoms with Crippen molar-refractivity contribution in [1.82, 2.24) is 14.9 Å². The molecule has 1 saturated heterocycles. The number of amides is 1. The maximum Gasteiger partial charge on any atom is 0.254 e.